The highest BCUT2D eigenvalue weighted by Gasteiger charge is 2.03. The van der Waals surface area contributed by atoms with Crippen LogP contribution in [-0.2, 0) is 13.1 Å². The smallest absolute Gasteiger partial charge is 0.0529 e. The second-order valence-corrected chi connectivity index (χ2v) is 4.57. The molecule has 0 aliphatic heterocycles. The summed E-state index contributed by atoms with van der Waals surface area (Å²) in [6, 6.07) is 8.66. The molecular formula is C14H20N2O. The van der Waals surface area contributed by atoms with Crippen LogP contribution in [0.2, 0.25) is 0 Å². The maximum atomic E-state index is 9.32. The molecule has 0 fully saturated rings. The lowest BCUT2D eigenvalue weighted by molar-refractivity contribution is 0.178. The van der Waals surface area contributed by atoms with Crippen molar-refractivity contribution >= 4 is 10.9 Å². The molecule has 0 saturated carbocycles. The number of rotatable bonds is 5. The molecule has 1 heterocycles. The molecule has 92 valence electrons. The van der Waals surface area contributed by atoms with Crippen LogP contribution in [0, 0.1) is 0 Å². The summed E-state index contributed by atoms with van der Waals surface area (Å²) in [5.41, 5.74) is 2.54. The van der Waals surface area contributed by atoms with Crippen LogP contribution < -0.4 is 5.32 Å². The molecule has 2 rings (SSSR count). The Balaban J connectivity index is 2.22. The van der Waals surface area contributed by atoms with Crippen LogP contribution in [0.5, 0.6) is 0 Å². The SMILES string of the molecule is CNCc1ccc2c(ccn2CCC(C)O)c1. The summed E-state index contributed by atoms with van der Waals surface area (Å²) in [4.78, 5) is 0. The van der Waals surface area contributed by atoms with E-state index in [9.17, 15) is 5.11 Å². The molecular weight excluding hydrogens is 212 g/mol. The van der Waals surface area contributed by atoms with Crippen molar-refractivity contribution in [2.24, 2.45) is 0 Å². The molecule has 0 bridgehead atoms. The second kappa shape index (κ2) is 5.34. The molecule has 3 heteroatoms. The van der Waals surface area contributed by atoms with Gasteiger partial charge in [0.05, 0.1) is 6.10 Å². The predicted molar refractivity (Wildman–Crippen MR) is 71.0 cm³/mol. The van der Waals surface area contributed by atoms with Gasteiger partial charge >= 0.3 is 0 Å². The van der Waals surface area contributed by atoms with Gasteiger partial charge in [-0.2, -0.15) is 0 Å². The Hall–Kier alpha value is -1.32. The summed E-state index contributed by atoms with van der Waals surface area (Å²) < 4.78 is 2.20. The maximum Gasteiger partial charge on any atom is 0.0529 e. The van der Waals surface area contributed by atoms with Gasteiger partial charge in [-0.3, -0.25) is 0 Å². The highest BCUT2D eigenvalue weighted by atomic mass is 16.3. The van der Waals surface area contributed by atoms with Gasteiger partial charge < -0.3 is 15.0 Å². The lowest BCUT2D eigenvalue weighted by Crippen LogP contribution is -2.06. The Morgan fingerprint density at radius 3 is 2.88 bits per heavy atom. The van der Waals surface area contributed by atoms with Crippen molar-refractivity contribution in [1.82, 2.24) is 9.88 Å². The summed E-state index contributed by atoms with van der Waals surface area (Å²) in [6.45, 7) is 3.60. The number of fused-ring (bicyclic) bond motifs is 1. The summed E-state index contributed by atoms with van der Waals surface area (Å²) in [5, 5.41) is 13.7. The summed E-state index contributed by atoms with van der Waals surface area (Å²) >= 11 is 0. The largest absolute Gasteiger partial charge is 0.393 e. The zero-order valence-electron chi connectivity index (χ0n) is 10.5. The Morgan fingerprint density at radius 1 is 1.35 bits per heavy atom. The van der Waals surface area contributed by atoms with Crippen molar-refractivity contribution in [1.29, 1.82) is 0 Å². The van der Waals surface area contributed by atoms with Crippen molar-refractivity contribution in [3.63, 3.8) is 0 Å². The molecule has 1 aromatic carbocycles. The van der Waals surface area contributed by atoms with Gasteiger partial charge in [-0.1, -0.05) is 6.07 Å². The van der Waals surface area contributed by atoms with Crippen molar-refractivity contribution in [3.8, 4) is 0 Å². The van der Waals surface area contributed by atoms with Gasteiger partial charge in [-0.25, -0.2) is 0 Å². The van der Waals surface area contributed by atoms with Crippen LogP contribution in [-0.4, -0.2) is 22.8 Å². The van der Waals surface area contributed by atoms with E-state index in [1.165, 1.54) is 16.5 Å². The van der Waals surface area contributed by atoms with Crippen molar-refractivity contribution in [2.45, 2.75) is 32.5 Å². The normalized spacial score (nSPS) is 13.1. The minimum atomic E-state index is -0.240. The quantitative estimate of drug-likeness (QED) is 0.828. The fraction of sp³-hybridized carbons (Fsp3) is 0.429. The van der Waals surface area contributed by atoms with E-state index in [-0.39, 0.29) is 6.10 Å². The van der Waals surface area contributed by atoms with E-state index >= 15 is 0 Å². The number of nitrogens with zero attached hydrogens (tertiary/aromatic N) is 1. The molecule has 17 heavy (non-hydrogen) atoms. The first kappa shape index (κ1) is 12.1. The van der Waals surface area contributed by atoms with Crippen molar-refractivity contribution < 1.29 is 5.11 Å². The third-order valence-electron chi connectivity index (χ3n) is 3.00. The molecule has 0 radical (unpaired) electrons. The lowest BCUT2D eigenvalue weighted by atomic mass is 10.1. The Morgan fingerprint density at radius 2 is 2.18 bits per heavy atom. The summed E-state index contributed by atoms with van der Waals surface area (Å²) in [7, 11) is 1.96. The van der Waals surface area contributed by atoms with E-state index in [2.05, 4.69) is 40.3 Å². The molecule has 0 aliphatic rings. The molecule has 3 nitrogen and oxygen atoms in total. The molecule has 0 amide bonds. The number of nitrogens with one attached hydrogen (secondary N) is 1. The highest BCUT2D eigenvalue weighted by molar-refractivity contribution is 5.80. The first-order chi connectivity index (χ1) is 8.20. The van der Waals surface area contributed by atoms with Gasteiger partial charge in [-0.15, -0.1) is 0 Å². The Kier molecular flexibility index (Phi) is 3.82. The number of aromatic nitrogens is 1. The molecule has 1 aromatic heterocycles. The van der Waals surface area contributed by atoms with Gasteiger partial charge in [0.15, 0.2) is 0 Å². The molecule has 0 saturated heterocycles. The third-order valence-corrected chi connectivity index (χ3v) is 3.00. The number of aliphatic hydroxyl groups excluding tert-OH is 1. The summed E-state index contributed by atoms with van der Waals surface area (Å²) in [6.07, 6.45) is 2.65. The monoisotopic (exact) mass is 232 g/mol. The molecule has 1 unspecified atom stereocenters. The molecule has 1 atom stereocenters. The molecule has 0 spiro atoms. The number of aryl methyl sites for hydroxylation is 1. The fourth-order valence-corrected chi connectivity index (χ4v) is 2.08. The maximum absolute atomic E-state index is 9.32. The minimum Gasteiger partial charge on any atom is -0.393 e. The van der Waals surface area contributed by atoms with Crippen molar-refractivity contribution in [2.75, 3.05) is 7.05 Å². The predicted octanol–water partition coefficient (Wildman–Crippen LogP) is 2.13. The van der Waals surface area contributed by atoms with Crippen LogP contribution in [0.3, 0.4) is 0 Å². The van der Waals surface area contributed by atoms with E-state index in [0.717, 1.165) is 19.5 Å². The topological polar surface area (TPSA) is 37.2 Å². The standard InChI is InChI=1S/C14H20N2O/c1-11(17)5-7-16-8-6-13-9-12(10-15-2)3-4-14(13)16/h3-4,6,8-9,11,15,17H,5,7,10H2,1-2H3. The average molecular weight is 232 g/mol. The average Bonchev–Trinajstić information content (AvgIpc) is 2.69. The number of aliphatic hydroxyl groups is 1. The summed E-state index contributed by atoms with van der Waals surface area (Å²) in [5.74, 6) is 0. The van der Waals surface area contributed by atoms with E-state index in [1.807, 2.05) is 14.0 Å². The van der Waals surface area contributed by atoms with Crippen LogP contribution in [0.15, 0.2) is 30.5 Å². The van der Waals surface area contributed by atoms with E-state index in [4.69, 9.17) is 0 Å². The zero-order chi connectivity index (χ0) is 12.3. The van der Waals surface area contributed by atoms with Crippen molar-refractivity contribution in [3.05, 3.63) is 36.0 Å². The zero-order valence-corrected chi connectivity index (χ0v) is 10.5. The molecule has 0 aliphatic carbocycles. The Labute approximate surface area is 102 Å². The van der Waals surface area contributed by atoms with E-state index in [1.54, 1.807) is 0 Å². The van der Waals surface area contributed by atoms with E-state index in [0.29, 0.717) is 0 Å². The second-order valence-electron chi connectivity index (χ2n) is 4.57. The van der Waals surface area contributed by atoms with Crippen LogP contribution >= 0.6 is 0 Å². The molecule has 2 N–H and O–H groups in total. The van der Waals surface area contributed by atoms with Gasteiger partial charge in [-0.05, 0) is 49.5 Å². The fourth-order valence-electron chi connectivity index (χ4n) is 2.08. The third kappa shape index (κ3) is 2.87. The van der Waals surface area contributed by atoms with Crippen LogP contribution in [0.1, 0.15) is 18.9 Å². The first-order valence-electron chi connectivity index (χ1n) is 6.11. The van der Waals surface area contributed by atoms with Crippen LogP contribution in [0.4, 0.5) is 0 Å². The van der Waals surface area contributed by atoms with Gasteiger partial charge in [0.2, 0.25) is 0 Å². The van der Waals surface area contributed by atoms with Gasteiger partial charge in [0, 0.05) is 24.8 Å². The van der Waals surface area contributed by atoms with Crippen LogP contribution in [0.25, 0.3) is 10.9 Å². The van der Waals surface area contributed by atoms with Gasteiger partial charge in [0.25, 0.3) is 0 Å². The highest BCUT2D eigenvalue weighted by Crippen LogP contribution is 2.18. The number of benzene rings is 1. The lowest BCUT2D eigenvalue weighted by Gasteiger charge is -2.08. The minimum absolute atomic E-state index is 0.240. The Bertz CT molecular complexity index is 488. The van der Waals surface area contributed by atoms with E-state index < -0.39 is 0 Å². The first-order valence-corrected chi connectivity index (χ1v) is 6.11. The number of hydrogen-bond donors (Lipinski definition) is 2. The number of hydrogen-bond acceptors (Lipinski definition) is 2. The molecule has 2 aromatic rings. The van der Waals surface area contributed by atoms with Gasteiger partial charge in [0.1, 0.15) is 0 Å².